The van der Waals surface area contributed by atoms with Gasteiger partial charge in [-0.2, -0.15) is 4.31 Å². The van der Waals surface area contributed by atoms with Crippen molar-refractivity contribution in [2.75, 3.05) is 38.7 Å². The Hall–Kier alpha value is -0.930. The number of thiocarbonyl (C=S) groups is 1. The third-order valence-corrected chi connectivity index (χ3v) is 5.88. The highest BCUT2D eigenvalue weighted by molar-refractivity contribution is 7.89. The van der Waals surface area contributed by atoms with Crippen LogP contribution in [-0.4, -0.2) is 51.2 Å². The average molecular weight is 380 g/mol. The second kappa shape index (κ2) is 9.39. The molecule has 130 valence electrons. The van der Waals surface area contributed by atoms with E-state index in [1.807, 2.05) is 0 Å². The summed E-state index contributed by atoms with van der Waals surface area (Å²) in [6.07, 6.45) is 0. The van der Waals surface area contributed by atoms with Gasteiger partial charge in [0.1, 0.15) is 4.90 Å². The summed E-state index contributed by atoms with van der Waals surface area (Å²) in [5, 5.41) is 6.46. The molecule has 0 radical (unpaired) electrons. The van der Waals surface area contributed by atoms with Crippen molar-refractivity contribution in [3.8, 4) is 0 Å². The molecule has 0 aliphatic heterocycles. The highest BCUT2D eigenvalue weighted by atomic mass is 35.5. The van der Waals surface area contributed by atoms with Crippen molar-refractivity contribution in [1.82, 2.24) is 9.62 Å². The van der Waals surface area contributed by atoms with Crippen LogP contribution in [0.25, 0.3) is 0 Å². The van der Waals surface area contributed by atoms with Gasteiger partial charge in [0.2, 0.25) is 10.0 Å². The minimum Gasteiger partial charge on any atom is -0.383 e. The number of hydrogen-bond acceptors (Lipinski definition) is 4. The highest BCUT2D eigenvalue weighted by Gasteiger charge is 2.24. The molecule has 0 saturated carbocycles. The van der Waals surface area contributed by atoms with Gasteiger partial charge in [0, 0.05) is 32.4 Å². The largest absolute Gasteiger partial charge is 0.383 e. The summed E-state index contributed by atoms with van der Waals surface area (Å²) in [7, 11) is -2.03. The summed E-state index contributed by atoms with van der Waals surface area (Å²) in [5.41, 5.74) is 0.551. The molecule has 9 heteroatoms. The maximum Gasteiger partial charge on any atom is 0.244 e. The summed E-state index contributed by atoms with van der Waals surface area (Å²) in [6.45, 7) is 5.40. The Morgan fingerprint density at radius 3 is 2.57 bits per heavy atom. The number of ether oxygens (including phenoxy) is 1. The SMILES string of the molecule is CCN(CC)S(=O)(=O)c1cc(NC(=S)NCCOC)ccc1Cl. The quantitative estimate of drug-likeness (QED) is 0.533. The van der Waals surface area contributed by atoms with Crippen LogP contribution >= 0.6 is 23.8 Å². The molecule has 0 heterocycles. The Morgan fingerprint density at radius 2 is 2.00 bits per heavy atom. The van der Waals surface area contributed by atoms with Gasteiger partial charge in [-0.1, -0.05) is 25.4 Å². The van der Waals surface area contributed by atoms with Crippen molar-refractivity contribution in [3.05, 3.63) is 23.2 Å². The lowest BCUT2D eigenvalue weighted by Gasteiger charge is -2.20. The molecular formula is C14H22ClN3O3S2. The van der Waals surface area contributed by atoms with Crippen LogP contribution in [0.2, 0.25) is 5.02 Å². The molecule has 1 aromatic rings. The molecule has 1 aromatic carbocycles. The summed E-state index contributed by atoms with van der Waals surface area (Å²) in [5.74, 6) is 0. The van der Waals surface area contributed by atoms with Gasteiger partial charge in [-0.15, -0.1) is 0 Å². The number of nitrogens with one attached hydrogen (secondary N) is 2. The van der Waals surface area contributed by atoms with Gasteiger partial charge in [-0.3, -0.25) is 0 Å². The van der Waals surface area contributed by atoms with Crippen LogP contribution < -0.4 is 10.6 Å². The molecular weight excluding hydrogens is 358 g/mol. The number of halogens is 1. The number of sulfonamides is 1. The van der Waals surface area contributed by atoms with E-state index in [1.165, 1.54) is 16.4 Å². The van der Waals surface area contributed by atoms with E-state index in [0.29, 0.717) is 37.0 Å². The number of nitrogens with zero attached hydrogens (tertiary/aromatic N) is 1. The van der Waals surface area contributed by atoms with Crippen molar-refractivity contribution >= 4 is 44.6 Å². The predicted molar refractivity (Wildman–Crippen MR) is 97.7 cm³/mol. The Bertz CT molecular complexity index is 634. The Morgan fingerprint density at radius 1 is 1.35 bits per heavy atom. The molecule has 0 amide bonds. The zero-order valence-corrected chi connectivity index (χ0v) is 15.8. The summed E-state index contributed by atoms with van der Waals surface area (Å²) in [4.78, 5) is 0.0626. The highest BCUT2D eigenvalue weighted by Crippen LogP contribution is 2.27. The smallest absolute Gasteiger partial charge is 0.244 e. The lowest BCUT2D eigenvalue weighted by atomic mass is 10.3. The van der Waals surface area contributed by atoms with E-state index in [9.17, 15) is 8.42 Å². The normalized spacial score (nSPS) is 11.5. The van der Waals surface area contributed by atoms with Gasteiger partial charge in [-0.05, 0) is 30.4 Å². The van der Waals surface area contributed by atoms with Gasteiger partial charge < -0.3 is 15.4 Å². The second-order valence-electron chi connectivity index (χ2n) is 4.61. The zero-order valence-electron chi connectivity index (χ0n) is 13.4. The Kier molecular flexibility index (Phi) is 8.21. The average Bonchev–Trinajstić information content (AvgIpc) is 2.50. The number of benzene rings is 1. The van der Waals surface area contributed by atoms with Crippen LogP contribution in [0, 0.1) is 0 Å². The van der Waals surface area contributed by atoms with Gasteiger partial charge in [0.05, 0.1) is 11.6 Å². The van der Waals surface area contributed by atoms with Crippen molar-refractivity contribution in [1.29, 1.82) is 0 Å². The first-order valence-corrected chi connectivity index (χ1v) is 9.42. The minimum absolute atomic E-state index is 0.0626. The Labute approximate surface area is 148 Å². The van der Waals surface area contributed by atoms with Crippen molar-refractivity contribution in [2.45, 2.75) is 18.7 Å². The van der Waals surface area contributed by atoms with Crippen molar-refractivity contribution in [3.63, 3.8) is 0 Å². The van der Waals surface area contributed by atoms with Crippen molar-refractivity contribution < 1.29 is 13.2 Å². The van der Waals surface area contributed by atoms with E-state index < -0.39 is 10.0 Å². The predicted octanol–water partition coefficient (Wildman–Crippen LogP) is 2.30. The van der Waals surface area contributed by atoms with Gasteiger partial charge in [0.15, 0.2) is 5.11 Å². The van der Waals surface area contributed by atoms with E-state index in [4.69, 9.17) is 28.6 Å². The van der Waals surface area contributed by atoms with Gasteiger partial charge in [0.25, 0.3) is 0 Å². The van der Waals surface area contributed by atoms with E-state index in [2.05, 4.69) is 10.6 Å². The Balaban J connectivity index is 2.98. The van der Waals surface area contributed by atoms with Crippen LogP contribution in [0.4, 0.5) is 5.69 Å². The number of anilines is 1. The fourth-order valence-electron chi connectivity index (χ4n) is 1.92. The van der Waals surface area contributed by atoms with Crippen molar-refractivity contribution in [2.24, 2.45) is 0 Å². The molecule has 0 fully saturated rings. The van der Waals surface area contributed by atoms with Crippen LogP contribution in [-0.2, 0) is 14.8 Å². The molecule has 23 heavy (non-hydrogen) atoms. The second-order valence-corrected chi connectivity index (χ2v) is 7.33. The topological polar surface area (TPSA) is 70.7 Å². The van der Waals surface area contributed by atoms with Crippen LogP contribution in [0.3, 0.4) is 0 Å². The number of methoxy groups -OCH3 is 1. The maximum absolute atomic E-state index is 12.6. The molecule has 0 bridgehead atoms. The molecule has 6 nitrogen and oxygen atoms in total. The third kappa shape index (κ3) is 5.58. The molecule has 0 aliphatic rings. The maximum atomic E-state index is 12.6. The lowest BCUT2D eigenvalue weighted by Crippen LogP contribution is -2.32. The monoisotopic (exact) mass is 379 g/mol. The molecule has 0 spiro atoms. The molecule has 0 saturated heterocycles. The van der Waals surface area contributed by atoms with E-state index in [1.54, 1.807) is 27.0 Å². The van der Waals surface area contributed by atoms with E-state index in [-0.39, 0.29) is 9.92 Å². The first-order chi connectivity index (χ1) is 10.9. The van der Waals surface area contributed by atoms with Crippen LogP contribution in [0.1, 0.15) is 13.8 Å². The van der Waals surface area contributed by atoms with Crippen LogP contribution in [0.5, 0.6) is 0 Å². The molecule has 0 aliphatic carbocycles. The van der Waals surface area contributed by atoms with Gasteiger partial charge >= 0.3 is 0 Å². The molecule has 1 rings (SSSR count). The lowest BCUT2D eigenvalue weighted by molar-refractivity contribution is 0.204. The standard InChI is InChI=1S/C14H22ClN3O3S2/c1-4-18(5-2)23(19,20)13-10-11(6-7-12(13)15)17-14(22)16-8-9-21-3/h6-7,10H,4-5,8-9H2,1-3H3,(H2,16,17,22). The summed E-state index contributed by atoms with van der Waals surface area (Å²) >= 11 is 11.2. The minimum atomic E-state index is -3.63. The third-order valence-electron chi connectivity index (χ3n) is 3.10. The fourth-order valence-corrected chi connectivity index (χ4v) is 4.10. The summed E-state index contributed by atoms with van der Waals surface area (Å²) < 4.78 is 31.5. The van der Waals surface area contributed by atoms with E-state index >= 15 is 0 Å². The first-order valence-electron chi connectivity index (χ1n) is 7.20. The summed E-state index contributed by atoms with van der Waals surface area (Å²) in [6, 6.07) is 4.70. The first kappa shape index (κ1) is 20.1. The van der Waals surface area contributed by atoms with Crippen LogP contribution in [0.15, 0.2) is 23.1 Å². The number of hydrogen-bond donors (Lipinski definition) is 2. The molecule has 0 unspecified atom stereocenters. The fraction of sp³-hybridized carbons (Fsp3) is 0.500. The molecule has 0 atom stereocenters. The molecule has 2 N–H and O–H groups in total. The van der Waals surface area contributed by atoms with E-state index in [0.717, 1.165) is 0 Å². The van der Waals surface area contributed by atoms with Gasteiger partial charge in [-0.25, -0.2) is 8.42 Å². The molecule has 0 aromatic heterocycles. The zero-order chi connectivity index (χ0) is 17.5. The number of rotatable bonds is 8.